The summed E-state index contributed by atoms with van der Waals surface area (Å²) in [6.45, 7) is 0. The predicted molar refractivity (Wildman–Crippen MR) is 69.6 cm³/mol. The zero-order chi connectivity index (χ0) is 12.3. The van der Waals surface area contributed by atoms with Crippen molar-refractivity contribution < 1.29 is 4.39 Å². The van der Waals surface area contributed by atoms with Crippen LogP contribution in [0.5, 0.6) is 0 Å². The van der Waals surface area contributed by atoms with Crippen molar-refractivity contribution in [2.45, 2.75) is 37.0 Å². The number of anilines is 2. The largest absolute Gasteiger partial charge is 0.368 e. The maximum atomic E-state index is 13.5. The summed E-state index contributed by atoms with van der Waals surface area (Å²) in [6, 6.07) is 0.266. The van der Waals surface area contributed by atoms with Crippen LogP contribution in [0.3, 0.4) is 0 Å². The highest BCUT2D eigenvalue weighted by Gasteiger charge is 2.25. The molecule has 0 aromatic carbocycles. The lowest BCUT2D eigenvalue weighted by molar-refractivity contribution is 0.471. The Hall–Kier alpha value is -1.04. The molecule has 0 spiro atoms. The van der Waals surface area contributed by atoms with E-state index in [1.54, 1.807) is 0 Å². The Morgan fingerprint density at radius 1 is 1.47 bits per heavy atom. The van der Waals surface area contributed by atoms with Gasteiger partial charge in [0.05, 0.1) is 6.20 Å². The molecule has 6 heteroatoms. The van der Waals surface area contributed by atoms with Crippen molar-refractivity contribution in [3.05, 3.63) is 12.0 Å². The monoisotopic (exact) mass is 256 g/mol. The van der Waals surface area contributed by atoms with Crippen LogP contribution in [0.25, 0.3) is 0 Å². The fourth-order valence-electron chi connectivity index (χ4n) is 2.20. The lowest BCUT2D eigenvalue weighted by Crippen LogP contribution is -2.35. The minimum absolute atomic E-state index is 0.102. The first-order chi connectivity index (χ1) is 8.20. The lowest BCUT2D eigenvalue weighted by atomic mass is 9.95. The number of halogens is 1. The molecule has 1 heterocycles. The van der Waals surface area contributed by atoms with Crippen LogP contribution in [0.2, 0.25) is 0 Å². The highest BCUT2D eigenvalue weighted by Crippen LogP contribution is 2.29. The zero-order valence-corrected chi connectivity index (χ0v) is 10.6. The molecule has 2 rings (SSSR count). The molecule has 2 unspecified atom stereocenters. The molecule has 1 aliphatic carbocycles. The van der Waals surface area contributed by atoms with Crippen LogP contribution in [0.4, 0.5) is 16.2 Å². The third-order valence-electron chi connectivity index (χ3n) is 3.09. The van der Waals surface area contributed by atoms with Crippen molar-refractivity contribution in [2.24, 2.45) is 0 Å². The van der Waals surface area contributed by atoms with E-state index in [-0.39, 0.29) is 17.8 Å². The Labute approximate surface area is 105 Å². The summed E-state index contributed by atoms with van der Waals surface area (Å²) in [5.74, 6) is -0.113. The van der Waals surface area contributed by atoms with E-state index < -0.39 is 5.82 Å². The van der Waals surface area contributed by atoms with Crippen LogP contribution in [0.15, 0.2) is 6.20 Å². The van der Waals surface area contributed by atoms with Gasteiger partial charge in [0.25, 0.3) is 0 Å². The standard InChI is InChI=1S/C11H17FN4S/c1-17-9-5-3-2-4-8(9)15-10-7(12)6-14-11(13)16-10/h6,8-9H,2-5H2,1H3,(H3,13,14,15,16). The van der Waals surface area contributed by atoms with Gasteiger partial charge in [-0.3, -0.25) is 0 Å². The number of nitrogens with one attached hydrogen (secondary N) is 1. The molecule has 4 nitrogen and oxygen atoms in total. The van der Waals surface area contributed by atoms with Crippen LogP contribution in [-0.4, -0.2) is 27.5 Å². The quantitative estimate of drug-likeness (QED) is 0.868. The number of nitrogen functional groups attached to an aromatic ring is 1. The molecule has 0 amide bonds. The molecule has 1 aromatic rings. The summed E-state index contributed by atoms with van der Waals surface area (Å²) in [4.78, 5) is 7.52. The number of aromatic nitrogens is 2. The Morgan fingerprint density at radius 3 is 3.00 bits per heavy atom. The van der Waals surface area contributed by atoms with Crippen molar-refractivity contribution in [3.63, 3.8) is 0 Å². The van der Waals surface area contributed by atoms with E-state index in [4.69, 9.17) is 5.73 Å². The number of hydrogen-bond acceptors (Lipinski definition) is 5. The average molecular weight is 256 g/mol. The molecular formula is C11H17FN4S. The van der Waals surface area contributed by atoms with Crippen LogP contribution in [0, 0.1) is 5.82 Å². The van der Waals surface area contributed by atoms with E-state index in [2.05, 4.69) is 21.5 Å². The van der Waals surface area contributed by atoms with Crippen molar-refractivity contribution in [3.8, 4) is 0 Å². The molecule has 1 aliphatic rings. The van der Waals surface area contributed by atoms with Crippen LogP contribution < -0.4 is 11.1 Å². The van der Waals surface area contributed by atoms with Gasteiger partial charge in [-0.25, -0.2) is 9.37 Å². The molecule has 17 heavy (non-hydrogen) atoms. The third-order valence-corrected chi connectivity index (χ3v) is 4.26. The van der Waals surface area contributed by atoms with Gasteiger partial charge >= 0.3 is 0 Å². The fraction of sp³-hybridized carbons (Fsp3) is 0.636. The van der Waals surface area contributed by atoms with Gasteiger partial charge < -0.3 is 11.1 Å². The summed E-state index contributed by atoms with van der Waals surface area (Å²) in [7, 11) is 0. The maximum absolute atomic E-state index is 13.5. The number of nitrogens with two attached hydrogens (primary N) is 1. The highest BCUT2D eigenvalue weighted by atomic mass is 32.2. The molecular weight excluding hydrogens is 239 g/mol. The van der Waals surface area contributed by atoms with Crippen LogP contribution in [0.1, 0.15) is 25.7 Å². The normalized spacial score (nSPS) is 24.6. The molecule has 1 fully saturated rings. The van der Waals surface area contributed by atoms with Gasteiger partial charge in [-0.15, -0.1) is 0 Å². The first kappa shape index (κ1) is 12.4. The van der Waals surface area contributed by atoms with Gasteiger partial charge in [0.2, 0.25) is 5.95 Å². The van der Waals surface area contributed by atoms with Crippen molar-refractivity contribution in [2.75, 3.05) is 17.3 Å². The van der Waals surface area contributed by atoms with E-state index in [0.717, 1.165) is 12.6 Å². The molecule has 1 saturated carbocycles. The SMILES string of the molecule is CSC1CCCCC1Nc1nc(N)ncc1F. The van der Waals surface area contributed by atoms with E-state index in [9.17, 15) is 4.39 Å². The predicted octanol–water partition coefficient (Wildman–Crippen LogP) is 2.28. The van der Waals surface area contributed by atoms with Gasteiger partial charge in [0.1, 0.15) is 0 Å². The fourth-order valence-corrected chi connectivity index (χ4v) is 3.14. The lowest BCUT2D eigenvalue weighted by Gasteiger charge is -2.31. The second-order valence-corrected chi connectivity index (χ2v) is 5.31. The molecule has 0 radical (unpaired) electrons. The smallest absolute Gasteiger partial charge is 0.222 e. The zero-order valence-electron chi connectivity index (χ0n) is 9.82. The van der Waals surface area contributed by atoms with E-state index >= 15 is 0 Å². The molecule has 0 saturated heterocycles. The summed E-state index contributed by atoms with van der Waals surface area (Å²) >= 11 is 1.82. The molecule has 0 aliphatic heterocycles. The topological polar surface area (TPSA) is 63.8 Å². The second-order valence-electron chi connectivity index (χ2n) is 4.23. The summed E-state index contributed by atoms with van der Waals surface area (Å²) in [5.41, 5.74) is 5.47. The summed E-state index contributed by atoms with van der Waals surface area (Å²) in [6.07, 6.45) is 7.85. The Kier molecular flexibility index (Phi) is 4.04. The van der Waals surface area contributed by atoms with E-state index in [1.807, 2.05) is 11.8 Å². The van der Waals surface area contributed by atoms with Crippen molar-refractivity contribution in [1.82, 2.24) is 9.97 Å². The number of thioether (sulfide) groups is 1. The van der Waals surface area contributed by atoms with Gasteiger partial charge in [-0.05, 0) is 19.1 Å². The van der Waals surface area contributed by atoms with Crippen molar-refractivity contribution >= 4 is 23.5 Å². The minimum Gasteiger partial charge on any atom is -0.368 e. The molecule has 94 valence electrons. The van der Waals surface area contributed by atoms with Gasteiger partial charge in [0, 0.05) is 11.3 Å². The van der Waals surface area contributed by atoms with Gasteiger partial charge in [0.15, 0.2) is 11.6 Å². The van der Waals surface area contributed by atoms with E-state index in [1.165, 1.54) is 19.3 Å². The summed E-state index contributed by atoms with van der Waals surface area (Å²) < 4.78 is 13.5. The highest BCUT2D eigenvalue weighted by molar-refractivity contribution is 7.99. The van der Waals surface area contributed by atoms with Gasteiger partial charge in [-0.2, -0.15) is 16.7 Å². The van der Waals surface area contributed by atoms with E-state index in [0.29, 0.717) is 5.25 Å². The Bertz CT molecular complexity index is 388. The number of rotatable bonds is 3. The molecule has 2 atom stereocenters. The van der Waals surface area contributed by atoms with Gasteiger partial charge in [-0.1, -0.05) is 12.8 Å². The Morgan fingerprint density at radius 2 is 2.24 bits per heavy atom. The molecule has 0 bridgehead atoms. The van der Waals surface area contributed by atoms with Crippen LogP contribution in [-0.2, 0) is 0 Å². The van der Waals surface area contributed by atoms with Crippen LogP contribution >= 0.6 is 11.8 Å². The first-order valence-electron chi connectivity index (χ1n) is 5.78. The second kappa shape index (κ2) is 5.53. The molecule has 3 N–H and O–H groups in total. The third kappa shape index (κ3) is 3.00. The molecule has 1 aromatic heterocycles. The van der Waals surface area contributed by atoms with Crippen molar-refractivity contribution in [1.29, 1.82) is 0 Å². The first-order valence-corrected chi connectivity index (χ1v) is 7.07. The average Bonchev–Trinajstić information content (AvgIpc) is 2.34. The summed E-state index contributed by atoms with van der Waals surface area (Å²) in [5, 5.41) is 3.68. The number of nitrogens with zero attached hydrogens (tertiary/aromatic N) is 2. The Balaban J connectivity index is 2.10. The minimum atomic E-state index is -0.440. The number of hydrogen-bond donors (Lipinski definition) is 2. The maximum Gasteiger partial charge on any atom is 0.222 e.